The van der Waals surface area contributed by atoms with E-state index in [1.54, 1.807) is 19.9 Å². The van der Waals surface area contributed by atoms with Gasteiger partial charge in [0.2, 0.25) is 0 Å². The number of ketones is 1. The molecule has 0 saturated heterocycles. The van der Waals surface area contributed by atoms with Gasteiger partial charge in [0.05, 0.1) is 12.3 Å². The molecular formula is C17H18F2N2O3. The molecule has 0 atom stereocenters. The summed E-state index contributed by atoms with van der Waals surface area (Å²) in [6.07, 6.45) is 0. The van der Waals surface area contributed by atoms with Gasteiger partial charge in [-0.25, -0.2) is 13.6 Å². The summed E-state index contributed by atoms with van der Waals surface area (Å²) >= 11 is 0. The van der Waals surface area contributed by atoms with Crippen molar-refractivity contribution in [3.8, 4) is 0 Å². The second-order valence-electron chi connectivity index (χ2n) is 5.33. The summed E-state index contributed by atoms with van der Waals surface area (Å²) in [5, 5.41) is 2.69. The lowest BCUT2D eigenvalue weighted by Gasteiger charge is -2.12. The topological polar surface area (TPSA) is 60.3 Å². The second kappa shape index (κ2) is 6.82. The molecule has 0 aliphatic carbocycles. The number of hydrogen-bond donors (Lipinski definition) is 1. The Kier molecular flexibility index (Phi) is 5.02. The highest BCUT2D eigenvalue weighted by Gasteiger charge is 2.30. The fraction of sp³-hybridized carbons (Fsp3) is 0.294. The SMILES string of the molecule is CCOC(=O)c1c(F)c(C(C)=O)n(C)c1Nc1ccc(C)cc1F. The molecule has 1 aromatic heterocycles. The van der Waals surface area contributed by atoms with E-state index in [1.807, 2.05) is 0 Å². The van der Waals surface area contributed by atoms with Gasteiger partial charge in [-0.1, -0.05) is 6.07 Å². The Labute approximate surface area is 138 Å². The molecule has 1 heterocycles. The van der Waals surface area contributed by atoms with Crippen molar-refractivity contribution < 1.29 is 23.1 Å². The van der Waals surface area contributed by atoms with Gasteiger partial charge in [0.25, 0.3) is 0 Å². The first-order chi connectivity index (χ1) is 11.3. The van der Waals surface area contributed by atoms with Gasteiger partial charge in [-0.15, -0.1) is 0 Å². The summed E-state index contributed by atoms with van der Waals surface area (Å²) in [6.45, 7) is 4.54. The molecule has 0 amide bonds. The van der Waals surface area contributed by atoms with Gasteiger partial charge in [-0.05, 0) is 31.5 Å². The monoisotopic (exact) mass is 336 g/mol. The minimum atomic E-state index is -0.988. The summed E-state index contributed by atoms with van der Waals surface area (Å²) in [5.74, 6) is -3.07. The molecule has 7 heteroatoms. The van der Waals surface area contributed by atoms with Crippen LogP contribution in [0.2, 0.25) is 0 Å². The summed E-state index contributed by atoms with van der Waals surface area (Å²) in [5.41, 5.74) is 0.0607. The summed E-state index contributed by atoms with van der Waals surface area (Å²) in [7, 11) is 1.41. The molecule has 128 valence electrons. The summed E-state index contributed by atoms with van der Waals surface area (Å²) < 4.78 is 34.7. The number of nitrogens with zero attached hydrogens (tertiary/aromatic N) is 1. The van der Waals surface area contributed by atoms with Gasteiger partial charge in [-0.3, -0.25) is 4.79 Å². The third-order valence-corrected chi connectivity index (χ3v) is 3.53. The molecule has 0 spiro atoms. The predicted octanol–water partition coefficient (Wildman–Crippen LogP) is 3.73. The first-order valence-corrected chi connectivity index (χ1v) is 7.37. The number of benzene rings is 1. The van der Waals surface area contributed by atoms with Crippen LogP contribution in [0.1, 0.15) is 40.3 Å². The van der Waals surface area contributed by atoms with E-state index in [0.29, 0.717) is 5.56 Å². The maximum absolute atomic E-state index is 14.6. The number of hydrogen-bond acceptors (Lipinski definition) is 4. The molecule has 24 heavy (non-hydrogen) atoms. The molecule has 0 aliphatic rings. The fourth-order valence-corrected chi connectivity index (χ4v) is 2.42. The van der Waals surface area contributed by atoms with Crippen LogP contribution in [-0.4, -0.2) is 22.9 Å². The molecule has 0 fully saturated rings. The number of nitrogens with one attached hydrogen (secondary N) is 1. The molecule has 2 rings (SSSR count). The van der Waals surface area contributed by atoms with Crippen LogP contribution in [-0.2, 0) is 11.8 Å². The van der Waals surface area contributed by atoms with Crippen LogP contribution in [0, 0.1) is 18.6 Å². The first kappa shape index (κ1) is 17.7. The molecule has 0 saturated carbocycles. The Morgan fingerprint density at radius 2 is 1.96 bits per heavy atom. The molecule has 0 unspecified atom stereocenters. The predicted molar refractivity (Wildman–Crippen MR) is 85.8 cm³/mol. The number of aryl methyl sites for hydroxylation is 1. The van der Waals surface area contributed by atoms with Gasteiger partial charge in [0.15, 0.2) is 11.6 Å². The van der Waals surface area contributed by atoms with E-state index in [4.69, 9.17) is 4.74 Å². The molecule has 0 radical (unpaired) electrons. The Hall–Kier alpha value is -2.70. The number of carbonyl (C=O) groups excluding carboxylic acids is 2. The number of aromatic nitrogens is 1. The number of anilines is 2. The van der Waals surface area contributed by atoms with E-state index < -0.39 is 29.0 Å². The van der Waals surface area contributed by atoms with Crippen LogP contribution >= 0.6 is 0 Å². The van der Waals surface area contributed by atoms with Crippen LogP contribution in [0.15, 0.2) is 18.2 Å². The van der Waals surface area contributed by atoms with Crippen LogP contribution < -0.4 is 5.32 Å². The number of rotatable bonds is 5. The van der Waals surface area contributed by atoms with Gasteiger partial charge in [-0.2, -0.15) is 0 Å². The number of carbonyl (C=O) groups is 2. The van der Waals surface area contributed by atoms with Gasteiger partial charge in [0, 0.05) is 14.0 Å². The Morgan fingerprint density at radius 1 is 1.29 bits per heavy atom. The average Bonchev–Trinajstić information content (AvgIpc) is 2.73. The number of ether oxygens (including phenoxy) is 1. The lowest BCUT2D eigenvalue weighted by Crippen LogP contribution is -2.10. The zero-order chi connectivity index (χ0) is 18.0. The van der Waals surface area contributed by atoms with Crippen molar-refractivity contribution in [3.63, 3.8) is 0 Å². The third-order valence-electron chi connectivity index (χ3n) is 3.53. The van der Waals surface area contributed by atoms with E-state index in [9.17, 15) is 18.4 Å². The van der Waals surface area contributed by atoms with E-state index in [1.165, 1.54) is 30.7 Å². The van der Waals surface area contributed by atoms with Crippen molar-refractivity contribution in [3.05, 3.63) is 46.7 Å². The van der Waals surface area contributed by atoms with Crippen molar-refractivity contribution >= 4 is 23.3 Å². The van der Waals surface area contributed by atoms with Crippen LogP contribution in [0.5, 0.6) is 0 Å². The highest BCUT2D eigenvalue weighted by molar-refractivity contribution is 6.02. The summed E-state index contributed by atoms with van der Waals surface area (Å²) in [6, 6.07) is 4.44. The van der Waals surface area contributed by atoms with Crippen molar-refractivity contribution in [2.75, 3.05) is 11.9 Å². The highest BCUT2D eigenvalue weighted by Crippen LogP contribution is 2.30. The zero-order valence-corrected chi connectivity index (χ0v) is 13.9. The molecule has 1 N–H and O–H groups in total. The van der Waals surface area contributed by atoms with E-state index >= 15 is 0 Å². The lowest BCUT2D eigenvalue weighted by atomic mass is 10.2. The molecular weight excluding hydrogens is 318 g/mol. The maximum atomic E-state index is 14.6. The molecule has 1 aromatic carbocycles. The molecule has 0 aliphatic heterocycles. The van der Waals surface area contributed by atoms with Crippen molar-refractivity contribution in [2.45, 2.75) is 20.8 Å². The maximum Gasteiger partial charge on any atom is 0.344 e. The minimum absolute atomic E-state index is 0.0426. The van der Waals surface area contributed by atoms with Crippen LogP contribution in [0.25, 0.3) is 0 Å². The van der Waals surface area contributed by atoms with E-state index in [0.717, 1.165) is 0 Å². The largest absolute Gasteiger partial charge is 0.462 e. The van der Waals surface area contributed by atoms with Gasteiger partial charge < -0.3 is 14.6 Å². The summed E-state index contributed by atoms with van der Waals surface area (Å²) in [4.78, 5) is 23.8. The lowest BCUT2D eigenvalue weighted by molar-refractivity contribution is 0.0522. The number of halogens is 2. The zero-order valence-electron chi connectivity index (χ0n) is 13.9. The van der Waals surface area contributed by atoms with E-state index in [-0.39, 0.29) is 23.8 Å². The minimum Gasteiger partial charge on any atom is -0.462 e. The van der Waals surface area contributed by atoms with Crippen molar-refractivity contribution in [1.29, 1.82) is 0 Å². The third kappa shape index (κ3) is 3.15. The molecule has 5 nitrogen and oxygen atoms in total. The van der Waals surface area contributed by atoms with Crippen molar-refractivity contribution in [1.82, 2.24) is 4.57 Å². The molecule has 2 aromatic rings. The van der Waals surface area contributed by atoms with Gasteiger partial charge >= 0.3 is 5.97 Å². The van der Waals surface area contributed by atoms with E-state index in [2.05, 4.69) is 5.32 Å². The normalized spacial score (nSPS) is 10.6. The molecule has 0 bridgehead atoms. The standard InChI is InChI=1S/C17H18F2N2O3/c1-5-24-17(23)13-14(19)15(10(3)22)21(4)16(13)20-12-7-6-9(2)8-11(12)18/h6-8,20H,5H2,1-4H3. The average molecular weight is 336 g/mol. The van der Waals surface area contributed by atoms with Gasteiger partial charge in [0.1, 0.15) is 22.9 Å². The smallest absolute Gasteiger partial charge is 0.344 e. The van der Waals surface area contributed by atoms with Crippen molar-refractivity contribution in [2.24, 2.45) is 7.05 Å². The van der Waals surface area contributed by atoms with Crippen LogP contribution in [0.3, 0.4) is 0 Å². The quantitative estimate of drug-likeness (QED) is 0.667. The Balaban J connectivity index is 2.60. The number of esters is 1. The fourth-order valence-electron chi connectivity index (χ4n) is 2.42. The first-order valence-electron chi connectivity index (χ1n) is 7.37. The Morgan fingerprint density at radius 3 is 2.50 bits per heavy atom. The highest BCUT2D eigenvalue weighted by atomic mass is 19.1. The van der Waals surface area contributed by atoms with Crippen LogP contribution in [0.4, 0.5) is 20.3 Å². The Bertz CT molecular complexity index is 813. The second-order valence-corrected chi connectivity index (χ2v) is 5.33. The number of Topliss-reactive ketones (excluding diaryl/α,β-unsaturated/α-hetero) is 1.